The first-order valence-corrected chi connectivity index (χ1v) is 4.24. The molecule has 0 saturated carbocycles. The van der Waals surface area contributed by atoms with E-state index in [9.17, 15) is 12.9 Å². The summed E-state index contributed by atoms with van der Waals surface area (Å²) in [4.78, 5) is 0. The Labute approximate surface area is 75.8 Å². The summed E-state index contributed by atoms with van der Waals surface area (Å²) in [6.07, 6.45) is 0.645. The number of benzene rings is 1. The van der Waals surface area contributed by atoms with Gasteiger partial charge >= 0.3 is 6.98 Å². The molecule has 0 fully saturated rings. The first kappa shape index (κ1) is 10.2. The summed E-state index contributed by atoms with van der Waals surface area (Å²) in [5.41, 5.74) is 1.20. The van der Waals surface area contributed by atoms with Gasteiger partial charge in [-0.25, -0.2) is 0 Å². The quantitative estimate of drug-likeness (QED) is 0.624. The number of rotatable bonds is 2. The fourth-order valence-electron chi connectivity index (χ4n) is 1.28. The van der Waals surface area contributed by atoms with E-state index in [1.54, 1.807) is 0 Å². The molecule has 0 aliphatic rings. The Bertz CT molecular complexity index is 304. The second-order valence-electron chi connectivity index (χ2n) is 3.11. The zero-order valence-corrected chi connectivity index (χ0v) is 7.65. The Morgan fingerprint density at radius 3 is 2.31 bits per heavy atom. The molecule has 0 N–H and O–H groups in total. The van der Waals surface area contributed by atoms with E-state index in [0.717, 1.165) is 17.2 Å². The third kappa shape index (κ3) is 2.26. The number of hydrogen-bond acceptors (Lipinski definition) is 0. The molecule has 0 nitrogen and oxygen atoms in total. The van der Waals surface area contributed by atoms with Crippen LogP contribution in [0, 0.1) is 6.92 Å². The third-order valence-electron chi connectivity index (χ3n) is 2.13. The summed E-state index contributed by atoms with van der Waals surface area (Å²) >= 11 is 0. The smallest absolute Gasteiger partial charge is 0.445 e. The summed E-state index contributed by atoms with van der Waals surface area (Å²) in [6, 6.07) is 3.92. The molecule has 1 aromatic carbocycles. The van der Waals surface area contributed by atoms with Crippen LogP contribution in [0.3, 0.4) is 0 Å². The zero-order chi connectivity index (χ0) is 10.1. The van der Waals surface area contributed by atoms with Crippen molar-refractivity contribution in [3.63, 3.8) is 0 Å². The molecule has 1 aromatic rings. The first-order valence-electron chi connectivity index (χ1n) is 4.24. The van der Waals surface area contributed by atoms with Crippen LogP contribution in [0.4, 0.5) is 12.9 Å². The maximum absolute atomic E-state index is 12.3. The van der Waals surface area contributed by atoms with Gasteiger partial charge in [0.05, 0.1) is 0 Å². The first-order chi connectivity index (χ1) is 5.95. The van der Waals surface area contributed by atoms with Crippen LogP contribution in [0.2, 0.25) is 0 Å². The lowest BCUT2D eigenvalue weighted by atomic mass is 9.78. The molecule has 0 unspecified atom stereocenters. The molecule has 0 radical (unpaired) electrons. The lowest BCUT2D eigenvalue weighted by Crippen LogP contribution is -2.34. The van der Waals surface area contributed by atoms with Crippen LogP contribution in [0.25, 0.3) is 0 Å². The van der Waals surface area contributed by atoms with E-state index in [-0.39, 0.29) is 0 Å². The summed E-state index contributed by atoms with van der Waals surface area (Å²) < 4.78 is 36.9. The number of aryl methyl sites for hydroxylation is 2. The van der Waals surface area contributed by atoms with Gasteiger partial charge in [0.2, 0.25) is 0 Å². The maximum atomic E-state index is 12.3. The van der Waals surface area contributed by atoms with E-state index in [2.05, 4.69) is 0 Å². The van der Waals surface area contributed by atoms with Crippen molar-refractivity contribution in [1.29, 1.82) is 0 Å². The van der Waals surface area contributed by atoms with Gasteiger partial charge in [0.15, 0.2) is 0 Å². The van der Waals surface area contributed by atoms with Gasteiger partial charge in [-0.1, -0.05) is 25.1 Å². The molecule has 0 amide bonds. The van der Waals surface area contributed by atoms with E-state index in [0.29, 0.717) is 6.42 Å². The van der Waals surface area contributed by atoms with Gasteiger partial charge in [0, 0.05) is 0 Å². The maximum Gasteiger partial charge on any atom is 0.509 e. The Morgan fingerprint density at radius 2 is 1.85 bits per heavy atom. The highest BCUT2D eigenvalue weighted by Crippen LogP contribution is 2.13. The van der Waals surface area contributed by atoms with Crippen molar-refractivity contribution >= 4 is 12.4 Å². The second-order valence-corrected chi connectivity index (χ2v) is 3.11. The van der Waals surface area contributed by atoms with Crippen LogP contribution in [-0.2, 0) is 6.42 Å². The Morgan fingerprint density at radius 1 is 1.23 bits per heavy atom. The van der Waals surface area contributed by atoms with E-state index < -0.39 is 12.4 Å². The molecule has 0 heterocycles. The van der Waals surface area contributed by atoms with Crippen LogP contribution < -0.4 is 5.46 Å². The second kappa shape index (κ2) is 3.44. The van der Waals surface area contributed by atoms with Crippen molar-refractivity contribution in [3.8, 4) is 0 Å². The van der Waals surface area contributed by atoms with E-state index >= 15 is 0 Å². The predicted molar refractivity (Wildman–Crippen MR) is 49.3 cm³/mol. The molecule has 4 heteroatoms. The molecule has 0 saturated heterocycles. The van der Waals surface area contributed by atoms with Crippen molar-refractivity contribution in [1.82, 2.24) is 0 Å². The Kier molecular flexibility index (Phi) is 2.69. The van der Waals surface area contributed by atoms with Crippen LogP contribution in [0.15, 0.2) is 18.2 Å². The standard InChI is InChI=1S/C9H11BF3/c1-3-8-6-9(10(11,12)13)5-4-7(8)2/h4-6H,3H2,1-2H3/q-1. The van der Waals surface area contributed by atoms with Crippen molar-refractivity contribution in [2.24, 2.45) is 0 Å². The third-order valence-corrected chi connectivity index (χ3v) is 2.13. The summed E-state index contributed by atoms with van der Waals surface area (Å²) in [5, 5.41) is 0. The van der Waals surface area contributed by atoms with E-state index in [4.69, 9.17) is 0 Å². The van der Waals surface area contributed by atoms with Crippen LogP contribution in [0.1, 0.15) is 18.1 Å². The molecule has 0 atom stereocenters. The molecular formula is C9H11BF3-. The van der Waals surface area contributed by atoms with Gasteiger partial charge in [0.1, 0.15) is 0 Å². The molecule has 0 aromatic heterocycles. The lowest BCUT2D eigenvalue weighted by molar-refractivity contribution is 0.501. The van der Waals surface area contributed by atoms with Crippen LogP contribution in [-0.4, -0.2) is 6.98 Å². The van der Waals surface area contributed by atoms with Crippen molar-refractivity contribution in [3.05, 3.63) is 29.3 Å². The van der Waals surface area contributed by atoms with Crippen LogP contribution >= 0.6 is 0 Å². The highest BCUT2D eigenvalue weighted by molar-refractivity contribution is 6.73. The van der Waals surface area contributed by atoms with Gasteiger partial charge < -0.3 is 12.9 Å². The van der Waals surface area contributed by atoms with Crippen molar-refractivity contribution in [2.45, 2.75) is 20.3 Å². The molecule has 0 aliphatic carbocycles. The molecule has 1 rings (SSSR count). The largest absolute Gasteiger partial charge is 0.509 e. The number of hydrogen-bond donors (Lipinski definition) is 0. The molecule has 0 spiro atoms. The van der Waals surface area contributed by atoms with E-state index in [1.807, 2.05) is 13.8 Å². The fraction of sp³-hybridized carbons (Fsp3) is 0.333. The Balaban J connectivity index is 3.14. The highest BCUT2D eigenvalue weighted by atomic mass is 19.4. The average molecular weight is 187 g/mol. The molecule has 0 aliphatic heterocycles. The number of halogens is 3. The van der Waals surface area contributed by atoms with E-state index in [1.165, 1.54) is 12.1 Å². The van der Waals surface area contributed by atoms with Crippen LogP contribution in [0.5, 0.6) is 0 Å². The minimum atomic E-state index is -4.85. The van der Waals surface area contributed by atoms with Crippen molar-refractivity contribution < 1.29 is 12.9 Å². The average Bonchev–Trinajstić information content (AvgIpc) is 2.03. The Hall–Kier alpha value is -0.925. The summed E-state index contributed by atoms with van der Waals surface area (Å²) in [6.45, 7) is -1.16. The summed E-state index contributed by atoms with van der Waals surface area (Å²) in [5.74, 6) is 0. The topological polar surface area (TPSA) is 0 Å². The monoisotopic (exact) mass is 187 g/mol. The predicted octanol–water partition coefficient (Wildman–Crippen LogP) is 2.61. The zero-order valence-electron chi connectivity index (χ0n) is 7.65. The minimum absolute atomic E-state index is 0.498. The SMILES string of the molecule is CCc1cc([B-](F)(F)F)ccc1C. The minimum Gasteiger partial charge on any atom is -0.445 e. The molecule has 72 valence electrons. The van der Waals surface area contributed by atoms with Gasteiger partial charge in [-0.15, -0.1) is 5.46 Å². The van der Waals surface area contributed by atoms with Gasteiger partial charge in [-0.2, -0.15) is 0 Å². The van der Waals surface area contributed by atoms with Crippen molar-refractivity contribution in [2.75, 3.05) is 0 Å². The normalized spacial score (nSPS) is 11.8. The molecule has 0 bridgehead atoms. The fourth-order valence-corrected chi connectivity index (χ4v) is 1.28. The highest BCUT2D eigenvalue weighted by Gasteiger charge is 2.25. The molecule has 13 heavy (non-hydrogen) atoms. The van der Waals surface area contributed by atoms with Gasteiger partial charge in [0.25, 0.3) is 0 Å². The molecular weight excluding hydrogens is 176 g/mol. The summed E-state index contributed by atoms with van der Waals surface area (Å²) in [7, 11) is 0. The van der Waals surface area contributed by atoms with Gasteiger partial charge in [-0.05, 0) is 24.5 Å². The van der Waals surface area contributed by atoms with Gasteiger partial charge in [-0.3, -0.25) is 0 Å². The lowest BCUT2D eigenvalue weighted by Gasteiger charge is -2.16.